The average Bonchev–Trinajstić information content (AvgIpc) is 2.56. The molecule has 0 bridgehead atoms. The quantitative estimate of drug-likeness (QED) is 0.771. The summed E-state index contributed by atoms with van der Waals surface area (Å²) in [7, 11) is 1.33. The Hall–Kier alpha value is -2.06. The van der Waals surface area contributed by atoms with Gasteiger partial charge in [-0.25, -0.2) is 9.48 Å². The van der Waals surface area contributed by atoms with Crippen molar-refractivity contribution in [1.29, 1.82) is 0 Å². The predicted octanol–water partition coefficient (Wildman–Crippen LogP) is -0.0144. The van der Waals surface area contributed by atoms with Crippen LogP contribution in [0.1, 0.15) is 0 Å². The van der Waals surface area contributed by atoms with Crippen LogP contribution in [0.25, 0.3) is 11.0 Å². The molecule has 0 amide bonds. The van der Waals surface area contributed by atoms with Crippen molar-refractivity contribution >= 4 is 11.0 Å². The maximum Gasteiger partial charge on any atom is 0.408 e. The molecule has 17 heavy (non-hydrogen) atoms. The Balaban J connectivity index is 2.74. The minimum Gasteiger partial charge on any atom is -0.293 e. The lowest BCUT2D eigenvalue weighted by atomic mass is 10.4. The van der Waals surface area contributed by atoms with E-state index >= 15 is 0 Å². The molecular weight excluding hydrogens is 241 g/mol. The van der Waals surface area contributed by atoms with Gasteiger partial charge in [0.05, 0.1) is 11.7 Å². The molecule has 0 aliphatic heterocycles. The second-order valence-corrected chi connectivity index (χ2v) is 3.47. The zero-order chi connectivity index (χ0) is 12.8. The van der Waals surface area contributed by atoms with E-state index in [0.717, 1.165) is 10.8 Å². The van der Waals surface area contributed by atoms with Crippen molar-refractivity contribution in [2.24, 2.45) is 7.05 Å². The van der Waals surface area contributed by atoms with Gasteiger partial charge in [0.15, 0.2) is 5.52 Å². The molecule has 9 heteroatoms. The lowest BCUT2D eigenvalue weighted by Crippen LogP contribution is -2.30. The minimum atomic E-state index is -4.49. The Morgan fingerprint density at radius 1 is 1.41 bits per heavy atom. The largest absolute Gasteiger partial charge is 0.408 e. The first-order valence-corrected chi connectivity index (χ1v) is 4.51. The number of aryl methyl sites for hydroxylation is 1. The molecule has 0 fully saturated rings. The summed E-state index contributed by atoms with van der Waals surface area (Å²) in [6.07, 6.45) is -3.43. The topological polar surface area (TPSA) is 72.7 Å². The number of aromatic nitrogens is 4. The van der Waals surface area contributed by atoms with Gasteiger partial charge in [-0.2, -0.15) is 18.3 Å². The van der Waals surface area contributed by atoms with Crippen LogP contribution >= 0.6 is 0 Å². The highest BCUT2D eigenvalue weighted by atomic mass is 19.4. The summed E-state index contributed by atoms with van der Waals surface area (Å²) in [5, 5.41) is 3.46. The third kappa shape index (κ3) is 1.95. The average molecular weight is 248 g/mol. The van der Waals surface area contributed by atoms with E-state index in [1.807, 2.05) is 4.98 Å². The second kappa shape index (κ2) is 3.47. The van der Waals surface area contributed by atoms with Crippen LogP contribution in [-0.4, -0.2) is 25.5 Å². The summed E-state index contributed by atoms with van der Waals surface area (Å²) in [4.78, 5) is 24.5. The highest BCUT2D eigenvalue weighted by Crippen LogP contribution is 2.18. The summed E-state index contributed by atoms with van der Waals surface area (Å²) < 4.78 is 38.2. The second-order valence-electron chi connectivity index (χ2n) is 3.47. The van der Waals surface area contributed by atoms with Crippen molar-refractivity contribution in [3.63, 3.8) is 0 Å². The molecule has 92 valence electrons. The molecule has 1 N–H and O–H groups in total. The normalized spacial score (nSPS) is 12.2. The van der Waals surface area contributed by atoms with Crippen LogP contribution in [0.3, 0.4) is 0 Å². The Labute approximate surface area is 91.3 Å². The van der Waals surface area contributed by atoms with Crippen LogP contribution in [0.4, 0.5) is 13.2 Å². The van der Waals surface area contributed by atoms with Crippen LogP contribution < -0.4 is 11.2 Å². The lowest BCUT2D eigenvalue weighted by Gasteiger charge is -2.06. The molecule has 2 aromatic rings. The number of rotatable bonds is 1. The van der Waals surface area contributed by atoms with Crippen molar-refractivity contribution in [2.45, 2.75) is 12.7 Å². The molecule has 0 atom stereocenters. The maximum atomic E-state index is 12.2. The van der Waals surface area contributed by atoms with Gasteiger partial charge in [-0.15, -0.1) is 0 Å². The molecule has 6 nitrogen and oxygen atoms in total. The van der Waals surface area contributed by atoms with Crippen molar-refractivity contribution in [3.05, 3.63) is 27.0 Å². The van der Waals surface area contributed by atoms with Crippen molar-refractivity contribution in [3.8, 4) is 0 Å². The fourth-order valence-corrected chi connectivity index (χ4v) is 1.49. The molecule has 0 spiro atoms. The molecule has 0 radical (unpaired) electrons. The summed E-state index contributed by atoms with van der Waals surface area (Å²) in [6, 6.07) is 0. The van der Waals surface area contributed by atoms with Crippen LogP contribution in [0.5, 0.6) is 0 Å². The van der Waals surface area contributed by atoms with Crippen LogP contribution in [0.2, 0.25) is 0 Å². The van der Waals surface area contributed by atoms with Crippen molar-refractivity contribution < 1.29 is 13.2 Å². The van der Waals surface area contributed by atoms with E-state index in [2.05, 4.69) is 5.10 Å². The molecule has 0 aromatic carbocycles. The van der Waals surface area contributed by atoms with Gasteiger partial charge >= 0.3 is 11.9 Å². The fourth-order valence-electron chi connectivity index (χ4n) is 1.49. The molecule has 2 heterocycles. The van der Waals surface area contributed by atoms with Gasteiger partial charge in [-0.1, -0.05) is 0 Å². The monoisotopic (exact) mass is 248 g/mol. The third-order valence-corrected chi connectivity index (χ3v) is 2.25. The van der Waals surface area contributed by atoms with Crippen LogP contribution in [-0.2, 0) is 13.6 Å². The van der Waals surface area contributed by atoms with Gasteiger partial charge in [0.2, 0.25) is 0 Å². The van der Waals surface area contributed by atoms with Crippen LogP contribution in [0.15, 0.2) is 15.8 Å². The van der Waals surface area contributed by atoms with E-state index in [4.69, 9.17) is 0 Å². The lowest BCUT2D eigenvalue weighted by molar-refractivity contribution is -0.141. The van der Waals surface area contributed by atoms with Crippen molar-refractivity contribution in [1.82, 2.24) is 19.3 Å². The van der Waals surface area contributed by atoms with Gasteiger partial charge < -0.3 is 0 Å². The number of aromatic amines is 1. The number of nitrogens with one attached hydrogen (secondary N) is 1. The fraction of sp³-hybridized carbons (Fsp3) is 0.375. The first kappa shape index (κ1) is 11.4. The predicted molar refractivity (Wildman–Crippen MR) is 51.6 cm³/mol. The number of H-pyrrole nitrogens is 1. The Morgan fingerprint density at radius 2 is 2.06 bits per heavy atom. The van der Waals surface area contributed by atoms with E-state index in [0.29, 0.717) is 4.68 Å². The number of nitrogens with zero attached hydrogens (tertiary/aromatic N) is 3. The van der Waals surface area contributed by atoms with Gasteiger partial charge in [-0.3, -0.25) is 14.3 Å². The zero-order valence-corrected chi connectivity index (χ0v) is 8.58. The summed E-state index contributed by atoms with van der Waals surface area (Å²) in [5.74, 6) is 0. The minimum absolute atomic E-state index is 0.0583. The standard InChI is InChI=1S/C8H7F3N4O2/c1-14-4-2-12-15(3-8(9,10)11)5(4)6(16)13-7(14)17/h2H,3H2,1H3,(H,13,16,17). The first-order chi connectivity index (χ1) is 7.79. The summed E-state index contributed by atoms with van der Waals surface area (Å²) in [6.45, 7) is -1.38. The molecule has 0 aliphatic carbocycles. The molecule has 0 aliphatic rings. The van der Waals surface area contributed by atoms with Crippen molar-refractivity contribution in [2.75, 3.05) is 0 Å². The molecule has 0 saturated carbocycles. The van der Waals surface area contributed by atoms with Gasteiger partial charge in [0.25, 0.3) is 5.56 Å². The van der Waals surface area contributed by atoms with Gasteiger partial charge in [-0.05, 0) is 0 Å². The highest BCUT2D eigenvalue weighted by molar-refractivity contribution is 5.73. The number of hydrogen-bond acceptors (Lipinski definition) is 3. The molecule has 2 aromatic heterocycles. The smallest absolute Gasteiger partial charge is 0.293 e. The Bertz CT molecular complexity index is 679. The Morgan fingerprint density at radius 3 is 2.65 bits per heavy atom. The SMILES string of the molecule is Cn1c(=O)[nH]c(=O)c2c1cnn2CC(F)(F)F. The Kier molecular flexibility index (Phi) is 2.33. The van der Waals surface area contributed by atoms with E-state index < -0.39 is 24.0 Å². The zero-order valence-electron chi connectivity index (χ0n) is 8.58. The number of halogens is 3. The molecular formula is C8H7F3N4O2. The first-order valence-electron chi connectivity index (χ1n) is 4.51. The molecule has 2 rings (SSSR count). The summed E-state index contributed by atoms with van der Waals surface area (Å²) in [5.41, 5.74) is -1.80. The van der Waals surface area contributed by atoms with Gasteiger partial charge in [0.1, 0.15) is 6.54 Å². The maximum absolute atomic E-state index is 12.2. The third-order valence-electron chi connectivity index (χ3n) is 2.25. The van der Waals surface area contributed by atoms with Crippen LogP contribution in [0, 0.1) is 0 Å². The van der Waals surface area contributed by atoms with Gasteiger partial charge in [0, 0.05) is 7.05 Å². The van der Waals surface area contributed by atoms with E-state index in [9.17, 15) is 22.8 Å². The number of fused-ring (bicyclic) bond motifs is 1. The van der Waals surface area contributed by atoms with E-state index in [-0.39, 0.29) is 11.0 Å². The summed E-state index contributed by atoms with van der Waals surface area (Å²) >= 11 is 0. The van der Waals surface area contributed by atoms with E-state index in [1.165, 1.54) is 7.05 Å². The molecule has 0 saturated heterocycles. The number of alkyl halides is 3. The number of hydrogen-bond donors (Lipinski definition) is 1. The van der Waals surface area contributed by atoms with E-state index in [1.54, 1.807) is 0 Å². The molecule has 0 unspecified atom stereocenters. The highest BCUT2D eigenvalue weighted by Gasteiger charge is 2.30.